The third-order valence-electron chi connectivity index (χ3n) is 2.76. The molecule has 0 radical (unpaired) electrons. The molecule has 2 rings (SSSR count). The molecule has 8 heteroatoms. The van der Waals surface area contributed by atoms with E-state index in [1.807, 2.05) is 6.07 Å². The summed E-state index contributed by atoms with van der Waals surface area (Å²) >= 11 is 0. The lowest BCUT2D eigenvalue weighted by atomic mass is 10.2. The summed E-state index contributed by atoms with van der Waals surface area (Å²) in [5.74, 6) is 0. The van der Waals surface area contributed by atoms with E-state index in [9.17, 15) is 9.59 Å². The normalized spacial score (nSPS) is 11.1. The van der Waals surface area contributed by atoms with E-state index in [-0.39, 0.29) is 19.1 Å². The van der Waals surface area contributed by atoms with E-state index < -0.39 is 11.7 Å². The van der Waals surface area contributed by atoms with Crippen molar-refractivity contribution in [1.29, 1.82) is 0 Å². The van der Waals surface area contributed by atoms with Gasteiger partial charge < -0.3 is 25.7 Å². The third-order valence-corrected chi connectivity index (χ3v) is 2.76. The molecular weight excluding hydrogens is 298 g/mol. The van der Waals surface area contributed by atoms with Crippen molar-refractivity contribution in [2.75, 3.05) is 18.4 Å². The molecule has 1 aromatic heterocycles. The highest BCUT2D eigenvalue weighted by molar-refractivity contribution is 5.91. The highest BCUT2D eigenvalue weighted by Crippen LogP contribution is 2.15. The number of nitrogens with zero attached hydrogens (tertiary/aromatic N) is 1. The minimum Gasteiger partial charge on any atom is -0.444 e. The number of aromatic nitrogens is 2. The first-order valence-electron chi connectivity index (χ1n) is 7.28. The molecule has 0 spiro atoms. The summed E-state index contributed by atoms with van der Waals surface area (Å²) in [6.07, 6.45) is 1.08. The molecule has 2 aromatic rings. The molecule has 0 unspecified atom stereocenters. The SMILES string of the molecule is CC(C)(C)OC(=O)NCCNC(=O)Nc1ccc2nc[nH]c2c1. The second-order valence-electron chi connectivity index (χ2n) is 5.94. The molecule has 0 aliphatic carbocycles. The summed E-state index contributed by atoms with van der Waals surface area (Å²) in [6.45, 7) is 5.93. The van der Waals surface area contributed by atoms with Crippen molar-refractivity contribution in [1.82, 2.24) is 20.6 Å². The lowest BCUT2D eigenvalue weighted by Crippen LogP contribution is -2.39. The van der Waals surface area contributed by atoms with Crippen molar-refractivity contribution in [3.63, 3.8) is 0 Å². The average Bonchev–Trinajstić information content (AvgIpc) is 2.89. The van der Waals surface area contributed by atoms with E-state index in [0.717, 1.165) is 11.0 Å². The molecule has 4 N–H and O–H groups in total. The highest BCUT2D eigenvalue weighted by Gasteiger charge is 2.15. The number of alkyl carbamates (subject to hydrolysis) is 1. The second kappa shape index (κ2) is 6.99. The maximum absolute atomic E-state index is 11.8. The lowest BCUT2D eigenvalue weighted by molar-refractivity contribution is 0.0528. The molecule has 3 amide bonds. The second-order valence-corrected chi connectivity index (χ2v) is 5.94. The molecule has 124 valence electrons. The zero-order valence-electron chi connectivity index (χ0n) is 13.4. The van der Waals surface area contributed by atoms with Crippen molar-refractivity contribution in [2.45, 2.75) is 26.4 Å². The van der Waals surface area contributed by atoms with E-state index in [2.05, 4.69) is 25.9 Å². The Morgan fingerprint density at radius 3 is 2.70 bits per heavy atom. The fourth-order valence-corrected chi connectivity index (χ4v) is 1.84. The van der Waals surface area contributed by atoms with Gasteiger partial charge in [0, 0.05) is 18.8 Å². The van der Waals surface area contributed by atoms with Gasteiger partial charge >= 0.3 is 12.1 Å². The molecule has 23 heavy (non-hydrogen) atoms. The highest BCUT2D eigenvalue weighted by atomic mass is 16.6. The molecule has 1 heterocycles. The molecule has 0 saturated carbocycles. The van der Waals surface area contributed by atoms with Gasteiger partial charge in [0.15, 0.2) is 0 Å². The van der Waals surface area contributed by atoms with Crippen molar-refractivity contribution >= 4 is 28.8 Å². The van der Waals surface area contributed by atoms with Crippen LogP contribution in [0.2, 0.25) is 0 Å². The molecule has 1 aromatic carbocycles. The monoisotopic (exact) mass is 319 g/mol. The first-order valence-corrected chi connectivity index (χ1v) is 7.28. The van der Waals surface area contributed by atoms with Crippen LogP contribution < -0.4 is 16.0 Å². The largest absolute Gasteiger partial charge is 0.444 e. The van der Waals surface area contributed by atoms with E-state index >= 15 is 0 Å². The van der Waals surface area contributed by atoms with E-state index in [0.29, 0.717) is 5.69 Å². The maximum Gasteiger partial charge on any atom is 0.407 e. The summed E-state index contributed by atoms with van der Waals surface area (Å²) in [6, 6.07) is 5.02. The number of nitrogens with one attached hydrogen (secondary N) is 4. The maximum atomic E-state index is 11.8. The Morgan fingerprint density at radius 2 is 1.96 bits per heavy atom. The number of imidazole rings is 1. The number of carbonyl (C=O) groups excluding carboxylic acids is 2. The summed E-state index contributed by atoms with van der Waals surface area (Å²) in [7, 11) is 0. The molecule has 0 saturated heterocycles. The smallest absolute Gasteiger partial charge is 0.407 e. The molecule has 0 aliphatic heterocycles. The van der Waals surface area contributed by atoms with Crippen molar-refractivity contribution < 1.29 is 14.3 Å². The van der Waals surface area contributed by atoms with Crippen molar-refractivity contribution in [2.24, 2.45) is 0 Å². The van der Waals surface area contributed by atoms with Crippen LogP contribution in [-0.2, 0) is 4.74 Å². The van der Waals surface area contributed by atoms with Crippen LogP contribution in [0, 0.1) is 0 Å². The Balaban J connectivity index is 1.70. The van der Waals surface area contributed by atoms with Crippen molar-refractivity contribution in [3.05, 3.63) is 24.5 Å². The quantitative estimate of drug-likeness (QED) is 0.648. The Hall–Kier alpha value is -2.77. The van der Waals surface area contributed by atoms with Crippen molar-refractivity contribution in [3.8, 4) is 0 Å². The van der Waals surface area contributed by atoms with Crippen LogP contribution >= 0.6 is 0 Å². The van der Waals surface area contributed by atoms with Gasteiger partial charge in [-0.05, 0) is 39.0 Å². The van der Waals surface area contributed by atoms with Crippen LogP contribution in [0.4, 0.5) is 15.3 Å². The van der Waals surface area contributed by atoms with Crippen LogP contribution in [0.15, 0.2) is 24.5 Å². The minimum atomic E-state index is -0.541. The number of ether oxygens (including phenoxy) is 1. The summed E-state index contributed by atoms with van der Waals surface area (Å²) in [5.41, 5.74) is 1.78. The van der Waals surface area contributed by atoms with Gasteiger partial charge in [0.1, 0.15) is 5.60 Å². The number of amides is 3. The fraction of sp³-hybridized carbons (Fsp3) is 0.400. The molecule has 0 atom stereocenters. The van der Waals surface area contributed by atoms with E-state index in [1.165, 1.54) is 0 Å². The first-order chi connectivity index (χ1) is 10.8. The summed E-state index contributed by atoms with van der Waals surface area (Å²) in [5, 5.41) is 7.92. The predicted octanol–water partition coefficient (Wildman–Crippen LogP) is 2.21. The number of benzene rings is 1. The Kier molecular flexibility index (Phi) is 5.05. The van der Waals surface area contributed by atoms with Crippen LogP contribution in [0.25, 0.3) is 11.0 Å². The molecule has 0 aliphatic rings. The summed E-state index contributed by atoms with van der Waals surface area (Å²) < 4.78 is 5.09. The van der Waals surface area contributed by atoms with Gasteiger partial charge in [0.2, 0.25) is 0 Å². The number of anilines is 1. The molecule has 8 nitrogen and oxygen atoms in total. The Morgan fingerprint density at radius 1 is 1.22 bits per heavy atom. The van der Waals surface area contributed by atoms with Gasteiger partial charge in [-0.2, -0.15) is 0 Å². The van der Waals surface area contributed by atoms with Crippen LogP contribution in [-0.4, -0.2) is 40.8 Å². The zero-order valence-corrected chi connectivity index (χ0v) is 13.4. The number of carbonyl (C=O) groups is 2. The van der Waals surface area contributed by atoms with E-state index in [4.69, 9.17) is 4.74 Å². The lowest BCUT2D eigenvalue weighted by Gasteiger charge is -2.19. The number of urea groups is 1. The minimum absolute atomic E-state index is 0.280. The zero-order chi connectivity index (χ0) is 16.9. The van der Waals surface area contributed by atoms with Gasteiger partial charge in [0.05, 0.1) is 17.4 Å². The van der Waals surface area contributed by atoms with Crippen LogP contribution in [0.5, 0.6) is 0 Å². The fourth-order valence-electron chi connectivity index (χ4n) is 1.84. The number of fused-ring (bicyclic) bond motifs is 1. The van der Waals surface area contributed by atoms with E-state index in [1.54, 1.807) is 39.2 Å². The summed E-state index contributed by atoms with van der Waals surface area (Å²) in [4.78, 5) is 30.3. The number of rotatable bonds is 4. The topological polar surface area (TPSA) is 108 Å². The van der Waals surface area contributed by atoms with Gasteiger partial charge in [-0.1, -0.05) is 0 Å². The standard InChI is InChI=1S/C15H21N5O3/c1-15(2,3)23-14(22)17-7-6-16-13(21)20-10-4-5-11-12(8-10)19-9-18-11/h4-5,8-9H,6-7H2,1-3H3,(H,17,22)(H,18,19)(H2,16,20,21). The molecule has 0 bridgehead atoms. The number of H-pyrrole nitrogens is 1. The Labute approximate surface area is 134 Å². The Bertz CT molecular complexity index is 690. The first kappa shape index (κ1) is 16.6. The van der Waals surface area contributed by atoms with Gasteiger partial charge in [-0.25, -0.2) is 14.6 Å². The van der Waals surface area contributed by atoms with Crippen LogP contribution in [0.3, 0.4) is 0 Å². The average molecular weight is 319 g/mol. The van der Waals surface area contributed by atoms with Gasteiger partial charge in [-0.15, -0.1) is 0 Å². The predicted molar refractivity (Wildman–Crippen MR) is 87.4 cm³/mol. The van der Waals surface area contributed by atoms with Crippen LogP contribution in [0.1, 0.15) is 20.8 Å². The van der Waals surface area contributed by atoms with Gasteiger partial charge in [0.25, 0.3) is 0 Å². The molecule has 0 fully saturated rings. The number of aromatic amines is 1. The number of hydrogen-bond acceptors (Lipinski definition) is 4. The third kappa shape index (κ3) is 5.50. The molecular formula is C15H21N5O3. The van der Waals surface area contributed by atoms with Gasteiger partial charge in [-0.3, -0.25) is 0 Å². The number of hydrogen-bond donors (Lipinski definition) is 4.